The molecule has 2 aromatic carbocycles. The predicted molar refractivity (Wildman–Crippen MR) is 104 cm³/mol. The average molecular weight is 386 g/mol. The van der Waals surface area contributed by atoms with E-state index < -0.39 is 0 Å². The number of benzene rings is 2. The van der Waals surface area contributed by atoms with Gasteiger partial charge in [0.2, 0.25) is 0 Å². The van der Waals surface area contributed by atoms with Gasteiger partial charge in [0.1, 0.15) is 6.61 Å². The van der Waals surface area contributed by atoms with Gasteiger partial charge in [-0.1, -0.05) is 35.9 Å². The van der Waals surface area contributed by atoms with Gasteiger partial charge in [-0.2, -0.15) is 0 Å². The topological polar surface area (TPSA) is 50.7 Å². The van der Waals surface area contributed by atoms with Crippen LogP contribution >= 0.6 is 24.0 Å². The van der Waals surface area contributed by atoms with E-state index in [1.807, 2.05) is 56.3 Å². The summed E-state index contributed by atoms with van der Waals surface area (Å²) in [6.07, 6.45) is 0. The van der Waals surface area contributed by atoms with Crippen LogP contribution in [-0.4, -0.2) is 24.4 Å². The zero-order chi connectivity index (χ0) is 17.6. The van der Waals surface area contributed by atoms with Crippen molar-refractivity contribution >= 4 is 24.0 Å². The summed E-state index contributed by atoms with van der Waals surface area (Å²) in [5.41, 5.74) is 1.65. The molecule has 0 saturated heterocycles. The molecule has 0 amide bonds. The fourth-order valence-corrected chi connectivity index (χ4v) is 2.30. The van der Waals surface area contributed by atoms with Crippen molar-refractivity contribution in [2.75, 3.05) is 13.7 Å². The fourth-order valence-electron chi connectivity index (χ4n) is 2.11. The van der Waals surface area contributed by atoms with Gasteiger partial charge < -0.3 is 19.9 Å². The quantitative estimate of drug-likeness (QED) is 0.714. The van der Waals surface area contributed by atoms with Crippen LogP contribution in [0.25, 0.3) is 0 Å². The van der Waals surface area contributed by atoms with Crippen LogP contribution in [0, 0.1) is 0 Å². The van der Waals surface area contributed by atoms with Crippen molar-refractivity contribution in [1.29, 1.82) is 0 Å². The van der Waals surface area contributed by atoms with E-state index in [1.165, 1.54) is 0 Å². The Bertz CT molecular complexity index is 677. The number of methoxy groups -OCH3 is 1. The lowest BCUT2D eigenvalue weighted by Gasteiger charge is -2.23. The number of aliphatic hydroxyl groups is 1. The van der Waals surface area contributed by atoms with Gasteiger partial charge in [0.25, 0.3) is 0 Å². The lowest BCUT2D eigenvalue weighted by molar-refractivity contribution is 0.187. The highest BCUT2D eigenvalue weighted by molar-refractivity contribution is 6.31. The summed E-state index contributed by atoms with van der Waals surface area (Å²) in [5, 5.41) is 13.3. The molecule has 6 heteroatoms. The molecule has 0 unspecified atom stereocenters. The van der Waals surface area contributed by atoms with Crippen LogP contribution in [0.15, 0.2) is 42.5 Å². The highest BCUT2D eigenvalue weighted by Gasteiger charge is 2.15. The minimum Gasteiger partial charge on any atom is -0.493 e. The Morgan fingerprint density at radius 1 is 1.12 bits per heavy atom. The standard InChI is InChI=1S/C19H24ClNO3.ClH/c1-19(2,13-22)21-11-14-8-9-17(18(10-14)23-3)24-12-15-6-4-5-7-16(15)20;/h4-10,21-22H,11-13H2,1-3H3;1H. The molecular weight excluding hydrogens is 361 g/mol. The molecule has 0 aliphatic carbocycles. The fraction of sp³-hybridized carbons (Fsp3) is 0.368. The number of hydrogen-bond donors (Lipinski definition) is 2. The smallest absolute Gasteiger partial charge is 0.161 e. The van der Waals surface area contributed by atoms with E-state index in [-0.39, 0.29) is 24.6 Å². The zero-order valence-electron chi connectivity index (χ0n) is 14.7. The number of ether oxygens (including phenoxy) is 2. The molecule has 0 radical (unpaired) electrons. The normalized spacial score (nSPS) is 10.9. The molecule has 0 spiro atoms. The monoisotopic (exact) mass is 385 g/mol. The second-order valence-electron chi connectivity index (χ2n) is 6.26. The Kier molecular flexibility index (Phi) is 8.53. The van der Waals surface area contributed by atoms with Crippen LogP contribution in [0.3, 0.4) is 0 Å². The first-order valence-electron chi connectivity index (χ1n) is 7.84. The molecule has 2 aromatic rings. The van der Waals surface area contributed by atoms with E-state index in [0.29, 0.717) is 29.7 Å². The van der Waals surface area contributed by atoms with E-state index in [9.17, 15) is 5.11 Å². The van der Waals surface area contributed by atoms with Gasteiger partial charge >= 0.3 is 0 Å². The molecule has 4 nitrogen and oxygen atoms in total. The Balaban J connectivity index is 0.00000312. The van der Waals surface area contributed by atoms with Gasteiger partial charge in [-0.15, -0.1) is 12.4 Å². The van der Waals surface area contributed by atoms with Crippen LogP contribution < -0.4 is 14.8 Å². The summed E-state index contributed by atoms with van der Waals surface area (Å²) < 4.78 is 11.3. The maximum atomic E-state index is 9.30. The molecule has 138 valence electrons. The number of halogens is 2. The largest absolute Gasteiger partial charge is 0.493 e. The van der Waals surface area contributed by atoms with E-state index >= 15 is 0 Å². The molecule has 0 aromatic heterocycles. The molecule has 0 heterocycles. The summed E-state index contributed by atoms with van der Waals surface area (Å²) >= 11 is 6.15. The van der Waals surface area contributed by atoms with Crippen molar-refractivity contribution in [2.45, 2.75) is 32.5 Å². The number of nitrogens with one attached hydrogen (secondary N) is 1. The summed E-state index contributed by atoms with van der Waals surface area (Å²) in [4.78, 5) is 0. The molecule has 0 atom stereocenters. The molecule has 0 aliphatic heterocycles. The highest BCUT2D eigenvalue weighted by Crippen LogP contribution is 2.29. The Labute approximate surface area is 160 Å². The number of hydrogen-bond acceptors (Lipinski definition) is 4. The van der Waals surface area contributed by atoms with Crippen LogP contribution in [0.4, 0.5) is 0 Å². The second-order valence-corrected chi connectivity index (χ2v) is 6.67. The van der Waals surface area contributed by atoms with Crippen LogP contribution in [-0.2, 0) is 13.2 Å². The molecule has 0 aliphatic rings. The average Bonchev–Trinajstić information content (AvgIpc) is 2.59. The van der Waals surface area contributed by atoms with Crippen molar-refractivity contribution in [1.82, 2.24) is 5.32 Å². The minimum atomic E-state index is -0.327. The van der Waals surface area contributed by atoms with Gasteiger partial charge in [-0.05, 0) is 37.6 Å². The molecule has 0 saturated carbocycles. The molecule has 25 heavy (non-hydrogen) atoms. The van der Waals surface area contributed by atoms with E-state index in [2.05, 4.69) is 5.32 Å². The van der Waals surface area contributed by atoms with Crippen molar-refractivity contribution < 1.29 is 14.6 Å². The van der Waals surface area contributed by atoms with Gasteiger partial charge in [-0.25, -0.2) is 0 Å². The SMILES string of the molecule is COc1cc(CNC(C)(C)CO)ccc1OCc1ccccc1Cl.Cl. The molecule has 0 bridgehead atoms. The van der Waals surface area contributed by atoms with Gasteiger partial charge in [0.15, 0.2) is 11.5 Å². The third-order valence-corrected chi connectivity index (χ3v) is 4.10. The van der Waals surface area contributed by atoms with Gasteiger partial charge in [0, 0.05) is 22.7 Å². The Hall–Kier alpha value is -1.46. The van der Waals surface area contributed by atoms with Gasteiger partial charge in [-0.3, -0.25) is 0 Å². The molecular formula is C19H25Cl2NO3. The predicted octanol–water partition coefficient (Wildman–Crippen LogP) is 4.21. The number of rotatable bonds is 8. The Morgan fingerprint density at radius 3 is 2.48 bits per heavy atom. The van der Waals surface area contributed by atoms with Crippen molar-refractivity contribution in [3.63, 3.8) is 0 Å². The minimum absolute atomic E-state index is 0. The van der Waals surface area contributed by atoms with Crippen LogP contribution in [0.5, 0.6) is 11.5 Å². The Morgan fingerprint density at radius 2 is 1.84 bits per heavy atom. The van der Waals surface area contributed by atoms with E-state index in [1.54, 1.807) is 7.11 Å². The maximum Gasteiger partial charge on any atom is 0.161 e. The van der Waals surface area contributed by atoms with E-state index in [0.717, 1.165) is 11.1 Å². The van der Waals surface area contributed by atoms with E-state index in [4.69, 9.17) is 21.1 Å². The molecule has 2 rings (SSSR count). The van der Waals surface area contributed by atoms with Crippen molar-refractivity contribution in [3.8, 4) is 11.5 Å². The third kappa shape index (κ3) is 6.40. The summed E-state index contributed by atoms with van der Waals surface area (Å²) in [7, 11) is 1.62. The molecule has 0 fully saturated rings. The van der Waals surface area contributed by atoms with Crippen molar-refractivity contribution in [3.05, 3.63) is 58.6 Å². The summed E-state index contributed by atoms with van der Waals surface area (Å²) in [5.74, 6) is 1.34. The first-order chi connectivity index (χ1) is 11.4. The zero-order valence-corrected chi connectivity index (χ0v) is 16.3. The lowest BCUT2D eigenvalue weighted by atomic mass is 10.1. The second kappa shape index (κ2) is 9.88. The third-order valence-electron chi connectivity index (χ3n) is 3.74. The summed E-state index contributed by atoms with van der Waals surface area (Å²) in [6.45, 7) is 4.99. The number of aliphatic hydroxyl groups excluding tert-OH is 1. The van der Waals surface area contributed by atoms with Crippen molar-refractivity contribution in [2.24, 2.45) is 0 Å². The summed E-state index contributed by atoms with van der Waals surface area (Å²) in [6, 6.07) is 13.4. The first-order valence-corrected chi connectivity index (χ1v) is 8.22. The highest BCUT2D eigenvalue weighted by atomic mass is 35.5. The first kappa shape index (κ1) is 21.6. The lowest BCUT2D eigenvalue weighted by Crippen LogP contribution is -2.42. The maximum absolute atomic E-state index is 9.30. The van der Waals surface area contributed by atoms with Crippen LogP contribution in [0.1, 0.15) is 25.0 Å². The van der Waals surface area contributed by atoms with Crippen LogP contribution in [0.2, 0.25) is 5.02 Å². The molecule has 2 N–H and O–H groups in total. The van der Waals surface area contributed by atoms with Gasteiger partial charge in [0.05, 0.1) is 13.7 Å².